The number of carbonyl (C=O) groups is 1. The quantitative estimate of drug-likeness (QED) is 0.454. The number of hydrogen-bond acceptors (Lipinski definition) is 2. The molecule has 0 radical (unpaired) electrons. The lowest BCUT2D eigenvalue weighted by Crippen LogP contribution is -2.64. The van der Waals surface area contributed by atoms with Crippen molar-refractivity contribution in [3.63, 3.8) is 0 Å². The van der Waals surface area contributed by atoms with Gasteiger partial charge in [-0.1, -0.05) is 60.5 Å². The van der Waals surface area contributed by atoms with Crippen molar-refractivity contribution in [2.24, 2.45) is 52.3 Å². The van der Waals surface area contributed by atoms with E-state index >= 15 is 0 Å². The molecule has 4 aliphatic carbocycles. The Bertz CT molecular complexity index is 710. The smallest absolute Gasteiger partial charge is 0.169 e. The molecule has 1 N–H and O–H groups in total. The van der Waals surface area contributed by atoms with Crippen molar-refractivity contribution >= 4 is 5.78 Å². The van der Waals surface area contributed by atoms with Crippen LogP contribution < -0.4 is 0 Å². The monoisotopic (exact) mass is 428 g/mol. The summed E-state index contributed by atoms with van der Waals surface area (Å²) in [7, 11) is 0. The fraction of sp³-hybridized carbons (Fsp3) is 0.897. The molecule has 0 bridgehead atoms. The number of rotatable bonds is 6. The molecule has 2 nitrogen and oxygen atoms in total. The van der Waals surface area contributed by atoms with Crippen molar-refractivity contribution in [2.75, 3.05) is 0 Å². The van der Waals surface area contributed by atoms with Gasteiger partial charge in [0.25, 0.3) is 0 Å². The molecular weight excluding hydrogens is 380 g/mol. The van der Waals surface area contributed by atoms with Crippen LogP contribution in [0.1, 0.15) is 106 Å². The summed E-state index contributed by atoms with van der Waals surface area (Å²) in [5, 5.41) is 11.5. The first-order valence-corrected chi connectivity index (χ1v) is 13.5. The Morgan fingerprint density at radius 3 is 2.48 bits per heavy atom. The van der Waals surface area contributed by atoms with E-state index in [1.54, 1.807) is 0 Å². The van der Waals surface area contributed by atoms with E-state index in [4.69, 9.17) is 0 Å². The Labute approximate surface area is 191 Å². The Morgan fingerprint density at radius 1 is 1.06 bits per heavy atom. The van der Waals surface area contributed by atoms with Crippen LogP contribution in [0, 0.1) is 52.3 Å². The van der Waals surface area contributed by atoms with E-state index in [-0.39, 0.29) is 11.2 Å². The number of hydrogen-bond donors (Lipinski definition) is 1. The van der Waals surface area contributed by atoms with Crippen molar-refractivity contribution in [3.05, 3.63) is 12.2 Å². The van der Waals surface area contributed by atoms with Gasteiger partial charge >= 0.3 is 0 Å². The van der Waals surface area contributed by atoms with E-state index in [9.17, 15) is 9.90 Å². The maximum absolute atomic E-state index is 13.3. The van der Waals surface area contributed by atoms with Crippen LogP contribution in [-0.2, 0) is 4.79 Å². The zero-order valence-corrected chi connectivity index (χ0v) is 21.1. The highest BCUT2D eigenvalue weighted by Crippen LogP contribution is 2.68. The first kappa shape index (κ1) is 23.5. The highest BCUT2D eigenvalue weighted by atomic mass is 16.3. The fourth-order valence-corrected chi connectivity index (χ4v) is 9.29. The maximum atomic E-state index is 13.3. The van der Waals surface area contributed by atoms with Gasteiger partial charge in [-0.15, -0.1) is 0 Å². The molecule has 3 fully saturated rings. The SMILES string of the molecule is CC[C@H](CC[C@@H](C)[C@H]1CC[C@H]2[C@@H]3CC(=O)[C@]4(O)C=CCC[C@]4(C)[C@H]3CC[C@]12C)C(C)C. The Hall–Kier alpha value is -0.630. The third-order valence-corrected chi connectivity index (χ3v) is 11.4. The van der Waals surface area contributed by atoms with Crippen LogP contribution >= 0.6 is 0 Å². The van der Waals surface area contributed by atoms with Crippen molar-refractivity contribution in [2.45, 2.75) is 111 Å². The third kappa shape index (κ3) is 3.49. The molecule has 31 heavy (non-hydrogen) atoms. The van der Waals surface area contributed by atoms with Gasteiger partial charge in [0.05, 0.1) is 0 Å². The molecule has 176 valence electrons. The van der Waals surface area contributed by atoms with Crippen LogP contribution in [0.15, 0.2) is 12.2 Å². The van der Waals surface area contributed by atoms with Gasteiger partial charge in [0, 0.05) is 11.8 Å². The summed E-state index contributed by atoms with van der Waals surface area (Å²) in [6, 6.07) is 0. The molecule has 0 unspecified atom stereocenters. The minimum atomic E-state index is -1.21. The van der Waals surface area contributed by atoms with Gasteiger partial charge in [-0.05, 0) is 97.9 Å². The van der Waals surface area contributed by atoms with E-state index in [0.29, 0.717) is 29.6 Å². The first-order chi connectivity index (χ1) is 14.6. The summed E-state index contributed by atoms with van der Waals surface area (Å²) in [6.07, 6.45) is 15.6. The highest BCUT2D eigenvalue weighted by Gasteiger charge is 2.66. The predicted molar refractivity (Wildman–Crippen MR) is 129 cm³/mol. The zero-order valence-electron chi connectivity index (χ0n) is 21.1. The summed E-state index contributed by atoms with van der Waals surface area (Å²) >= 11 is 0. The largest absolute Gasteiger partial charge is 0.377 e. The number of allylic oxidation sites excluding steroid dienone is 1. The number of Topliss-reactive ketones (excluding diaryl/α,β-unsaturated/α-hetero) is 1. The van der Waals surface area contributed by atoms with Gasteiger partial charge < -0.3 is 5.11 Å². The van der Waals surface area contributed by atoms with E-state index in [1.807, 2.05) is 12.2 Å². The maximum Gasteiger partial charge on any atom is 0.169 e. The molecule has 0 heterocycles. The number of carbonyl (C=O) groups excluding carboxylic acids is 1. The summed E-state index contributed by atoms with van der Waals surface area (Å²) in [4.78, 5) is 13.3. The van der Waals surface area contributed by atoms with Crippen LogP contribution in [0.5, 0.6) is 0 Å². The molecule has 0 aliphatic heterocycles. The molecule has 0 aromatic carbocycles. The second-order valence-electron chi connectivity index (χ2n) is 12.8. The van der Waals surface area contributed by atoms with Gasteiger partial charge in [0.2, 0.25) is 0 Å². The summed E-state index contributed by atoms with van der Waals surface area (Å²) in [5.74, 6) is 4.99. The normalized spacial score (nSPS) is 46.4. The predicted octanol–water partition coefficient (Wildman–Crippen LogP) is 7.20. The molecule has 2 heteroatoms. The lowest BCUT2D eigenvalue weighted by molar-refractivity contribution is -0.183. The van der Waals surface area contributed by atoms with Gasteiger partial charge in [0.1, 0.15) is 5.60 Å². The first-order valence-electron chi connectivity index (χ1n) is 13.5. The Kier molecular flexibility index (Phi) is 6.30. The van der Waals surface area contributed by atoms with Crippen molar-refractivity contribution in [3.8, 4) is 0 Å². The highest BCUT2D eigenvalue weighted by molar-refractivity contribution is 5.91. The lowest BCUT2D eigenvalue weighted by Gasteiger charge is -2.61. The Morgan fingerprint density at radius 2 is 1.81 bits per heavy atom. The molecular formula is C29H48O2. The van der Waals surface area contributed by atoms with Crippen LogP contribution in [0.4, 0.5) is 0 Å². The van der Waals surface area contributed by atoms with E-state index < -0.39 is 5.60 Å². The van der Waals surface area contributed by atoms with Gasteiger partial charge in [-0.25, -0.2) is 0 Å². The molecule has 0 saturated heterocycles. The summed E-state index contributed by atoms with van der Waals surface area (Å²) in [5.41, 5.74) is -1.09. The van der Waals surface area contributed by atoms with Gasteiger partial charge in [-0.2, -0.15) is 0 Å². The van der Waals surface area contributed by atoms with Crippen LogP contribution in [0.3, 0.4) is 0 Å². The van der Waals surface area contributed by atoms with Gasteiger partial charge in [0.15, 0.2) is 5.78 Å². The molecule has 9 atom stereocenters. The van der Waals surface area contributed by atoms with Crippen molar-refractivity contribution < 1.29 is 9.90 Å². The number of ketones is 1. The Balaban J connectivity index is 1.52. The zero-order chi connectivity index (χ0) is 22.6. The second kappa shape index (κ2) is 8.30. The van der Waals surface area contributed by atoms with Crippen LogP contribution in [0.25, 0.3) is 0 Å². The molecule has 3 saturated carbocycles. The van der Waals surface area contributed by atoms with Gasteiger partial charge in [-0.3, -0.25) is 4.79 Å². The molecule has 4 rings (SSSR count). The van der Waals surface area contributed by atoms with E-state index in [0.717, 1.165) is 36.5 Å². The average Bonchev–Trinajstić information content (AvgIpc) is 3.07. The fourth-order valence-electron chi connectivity index (χ4n) is 9.29. The number of aliphatic hydroxyl groups is 1. The van der Waals surface area contributed by atoms with Crippen molar-refractivity contribution in [1.82, 2.24) is 0 Å². The van der Waals surface area contributed by atoms with Crippen molar-refractivity contribution in [1.29, 1.82) is 0 Å². The van der Waals surface area contributed by atoms with Crippen LogP contribution in [0.2, 0.25) is 0 Å². The topological polar surface area (TPSA) is 37.3 Å². The standard InChI is InChI=1S/C29H48O2/c1-7-21(19(2)3)11-10-20(4)23-12-13-24-22-18-26(30)29(31)16-9-8-15-28(29,6)25(22)14-17-27(23,24)5/h9,16,19-25,31H,7-8,10-15,17-18H2,1-6H3/t20-,21-,22+,23-,24+,25+,27-,28-,29-/m1/s1. The molecule has 0 aromatic heterocycles. The molecule has 0 spiro atoms. The molecule has 4 aliphatic rings. The minimum absolute atomic E-state index is 0.107. The van der Waals surface area contributed by atoms with E-state index in [2.05, 4.69) is 41.5 Å². The second-order valence-corrected chi connectivity index (χ2v) is 12.8. The lowest BCUT2D eigenvalue weighted by atomic mass is 9.43. The van der Waals surface area contributed by atoms with E-state index in [1.165, 1.54) is 44.9 Å². The summed E-state index contributed by atoms with van der Waals surface area (Å²) in [6.45, 7) is 14.5. The summed E-state index contributed by atoms with van der Waals surface area (Å²) < 4.78 is 0. The third-order valence-electron chi connectivity index (χ3n) is 11.4. The molecule has 0 aromatic rings. The molecule has 0 amide bonds. The number of fused-ring (bicyclic) bond motifs is 5. The average molecular weight is 429 g/mol. The van der Waals surface area contributed by atoms with Crippen LogP contribution in [-0.4, -0.2) is 16.5 Å². The minimum Gasteiger partial charge on any atom is -0.377 e.